The Kier molecular flexibility index (Phi) is 5.66. The molecular formula is C9H21N3O. The fourth-order valence-corrected chi connectivity index (χ4v) is 1.13. The molecule has 4 heteroatoms. The Hall–Kier alpha value is -0.610. The Morgan fingerprint density at radius 2 is 1.92 bits per heavy atom. The summed E-state index contributed by atoms with van der Waals surface area (Å²) in [6.07, 6.45) is 0. The van der Waals surface area contributed by atoms with Crippen LogP contribution in [0.2, 0.25) is 0 Å². The summed E-state index contributed by atoms with van der Waals surface area (Å²) >= 11 is 0. The molecule has 0 aromatic carbocycles. The maximum Gasteiger partial charge on any atom is 0.231 e. The van der Waals surface area contributed by atoms with Gasteiger partial charge in [0.1, 0.15) is 0 Å². The van der Waals surface area contributed by atoms with E-state index in [-0.39, 0.29) is 5.91 Å². The van der Waals surface area contributed by atoms with Crippen LogP contribution in [0.15, 0.2) is 0 Å². The molecule has 1 unspecified atom stereocenters. The van der Waals surface area contributed by atoms with E-state index in [2.05, 4.69) is 6.92 Å². The number of carbonyl (C=O) groups excluding carboxylic acids is 1. The number of rotatable bonds is 6. The predicted octanol–water partition coefficient (Wildman–Crippen LogP) is -0.223. The lowest BCUT2D eigenvalue weighted by Gasteiger charge is -2.27. The van der Waals surface area contributed by atoms with Crippen LogP contribution in [0.3, 0.4) is 0 Å². The van der Waals surface area contributed by atoms with E-state index >= 15 is 0 Å². The maximum atomic E-state index is 10.7. The molecule has 78 valence electrons. The van der Waals surface area contributed by atoms with Crippen molar-refractivity contribution < 1.29 is 4.79 Å². The van der Waals surface area contributed by atoms with Crippen molar-refractivity contribution in [2.45, 2.75) is 26.8 Å². The molecule has 0 saturated carbocycles. The van der Waals surface area contributed by atoms with Crippen molar-refractivity contribution in [1.29, 1.82) is 0 Å². The van der Waals surface area contributed by atoms with Crippen LogP contribution < -0.4 is 11.5 Å². The van der Waals surface area contributed by atoms with Gasteiger partial charge in [-0.3, -0.25) is 9.69 Å². The number of primary amides is 1. The molecule has 0 saturated heterocycles. The Bertz CT molecular complexity index is 159. The minimum Gasteiger partial charge on any atom is -0.369 e. The van der Waals surface area contributed by atoms with Crippen molar-refractivity contribution in [3.8, 4) is 0 Å². The van der Waals surface area contributed by atoms with E-state index in [1.54, 1.807) is 0 Å². The molecule has 0 aliphatic carbocycles. The van der Waals surface area contributed by atoms with Gasteiger partial charge < -0.3 is 11.5 Å². The Balaban J connectivity index is 4.02. The fraction of sp³-hybridized carbons (Fsp3) is 0.889. The first-order valence-corrected chi connectivity index (χ1v) is 4.69. The first-order valence-electron chi connectivity index (χ1n) is 4.69. The lowest BCUT2D eigenvalue weighted by molar-refractivity contribution is -0.119. The maximum absolute atomic E-state index is 10.7. The van der Waals surface area contributed by atoms with Crippen LogP contribution in [0.5, 0.6) is 0 Å². The summed E-state index contributed by atoms with van der Waals surface area (Å²) in [5, 5.41) is 0. The molecule has 0 aromatic heterocycles. The van der Waals surface area contributed by atoms with Gasteiger partial charge in [0.2, 0.25) is 5.91 Å². The first kappa shape index (κ1) is 12.4. The van der Waals surface area contributed by atoms with Crippen molar-refractivity contribution in [3.63, 3.8) is 0 Å². The molecule has 0 radical (unpaired) electrons. The molecule has 0 aliphatic heterocycles. The highest BCUT2D eigenvalue weighted by atomic mass is 16.1. The Morgan fingerprint density at radius 3 is 2.23 bits per heavy atom. The lowest BCUT2D eigenvalue weighted by Crippen LogP contribution is -2.42. The molecule has 1 amide bonds. The van der Waals surface area contributed by atoms with Crippen LogP contribution in [0, 0.1) is 5.92 Å². The van der Waals surface area contributed by atoms with E-state index in [1.807, 2.05) is 18.7 Å². The molecular weight excluding hydrogens is 166 g/mol. The van der Waals surface area contributed by atoms with Crippen molar-refractivity contribution in [2.75, 3.05) is 19.6 Å². The zero-order valence-corrected chi connectivity index (χ0v) is 8.79. The van der Waals surface area contributed by atoms with Crippen molar-refractivity contribution >= 4 is 5.91 Å². The number of nitrogens with two attached hydrogens (primary N) is 2. The minimum atomic E-state index is -0.280. The molecule has 4 nitrogen and oxygen atoms in total. The molecule has 13 heavy (non-hydrogen) atoms. The third-order valence-corrected chi connectivity index (χ3v) is 2.04. The van der Waals surface area contributed by atoms with Crippen LogP contribution in [-0.4, -0.2) is 36.5 Å². The molecule has 0 aliphatic rings. The standard InChI is InChI=1S/C9H21N3O/c1-7(2)12(6-9(11)13)5-8(3)4-10/h7-8H,4-6,10H2,1-3H3,(H2,11,13). The van der Waals surface area contributed by atoms with E-state index in [0.29, 0.717) is 25.0 Å². The van der Waals surface area contributed by atoms with Crippen molar-refractivity contribution in [3.05, 3.63) is 0 Å². The molecule has 0 heterocycles. The largest absolute Gasteiger partial charge is 0.369 e. The highest BCUT2D eigenvalue weighted by Gasteiger charge is 2.14. The van der Waals surface area contributed by atoms with Gasteiger partial charge in [-0.15, -0.1) is 0 Å². The zero-order valence-electron chi connectivity index (χ0n) is 8.79. The van der Waals surface area contributed by atoms with E-state index in [1.165, 1.54) is 0 Å². The molecule has 0 aromatic rings. The smallest absolute Gasteiger partial charge is 0.231 e. The van der Waals surface area contributed by atoms with Gasteiger partial charge in [-0.1, -0.05) is 6.92 Å². The van der Waals surface area contributed by atoms with Gasteiger partial charge in [0.15, 0.2) is 0 Å². The van der Waals surface area contributed by atoms with Gasteiger partial charge in [0, 0.05) is 12.6 Å². The summed E-state index contributed by atoms with van der Waals surface area (Å²) in [5.74, 6) is 0.125. The van der Waals surface area contributed by atoms with E-state index < -0.39 is 0 Å². The summed E-state index contributed by atoms with van der Waals surface area (Å²) in [6.45, 7) is 7.95. The molecule has 0 bridgehead atoms. The Morgan fingerprint density at radius 1 is 1.38 bits per heavy atom. The number of amides is 1. The quantitative estimate of drug-likeness (QED) is 0.603. The van der Waals surface area contributed by atoms with Crippen LogP contribution >= 0.6 is 0 Å². The minimum absolute atomic E-state index is 0.280. The molecule has 4 N–H and O–H groups in total. The monoisotopic (exact) mass is 187 g/mol. The highest BCUT2D eigenvalue weighted by Crippen LogP contribution is 2.02. The summed E-state index contributed by atoms with van der Waals surface area (Å²) in [6, 6.07) is 0.335. The van der Waals surface area contributed by atoms with Crippen molar-refractivity contribution in [2.24, 2.45) is 17.4 Å². The molecule has 0 spiro atoms. The average Bonchev–Trinajstić information content (AvgIpc) is 2.02. The molecule has 0 rings (SSSR count). The number of carbonyl (C=O) groups is 1. The lowest BCUT2D eigenvalue weighted by atomic mass is 10.1. The average molecular weight is 187 g/mol. The first-order chi connectivity index (χ1) is 5.97. The third kappa shape index (κ3) is 5.60. The topological polar surface area (TPSA) is 72.3 Å². The zero-order chi connectivity index (χ0) is 10.4. The van der Waals surface area contributed by atoms with Gasteiger partial charge in [-0.25, -0.2) is 0 Å². The number of hydrogen-bond acceptors (Lipinski definition) is 3. The summed E-state index contributed by atoms with van der Waals surface area (Å²) in [5.41, 5.74) is 10.6. The Labute approximate surface area is 80.3 Å². The van der Waals surface area contributed by atoms with E-state index in [0.717, 1.165) is 6.54 Å². The van der Waals surface area contributed by atoms with Gasteiger partial charge in [0.05, 0.1) is 6.54 Å². The van der Waals surface area contributed by atoms with Gasteiger partial charge in [-0.05, 0) is 26.3 Å². The van der Waals surface area contributed by atoms with E-state index in [4.69, 9.17) is 11.5 Å². The molecule has 1 atom stereocenters. The summed E-state index contributed by atoms with van der Waals surface area (Å²) in [7, 11) is 0. The van der Waals surface area contributed by atoms with Crippen molar-refractivity contribution in [1.82, 2.24) is 4.90 Å². The number of hydrogen-bond donors (Lipinski definition) is 2. The van der Waals surface area contributed by atoms with E-state index in [9.17, 15) is 4.79 Å². The van der Waals surface area contributed by atoms with Gasteiger partial charge >= 0.3 is 0 Å². The summed E-state index contributed by atoms with van der Waals surface area (Å²) < 4.78 is 0. The summed E-state index contributed by atoms with van der Waals surface area (Å²) in [4.78, 5) is 12.8. The van der Waals surface area contributed by atoms with Gasteiger partial charge in [0.25, 0.3) is 0 Å². The second-order valence-electron chi connectivity index (χ2n) is 3.83. The van der Waals surface area contributed by atoms with Crippen LogP contribution in [0.25, 0.3) is 0 Å². The van der Waals surface area contributed by atoms with Crippen LogP contribution in [0.4, 0.5) is 0 Å². The second kappa shape index (κ2) is 5.94. The third-order valence-electron chi connectivity index (χ3n) is 2.04. The normalized spacial score (nSPS) is 13.7. The SMILES string of the molecule is CC(CN)CN(CC(N)=O)C(C)C. The van der Waals surface area contributed by atoms with Crippen LogP contribution in [0.1, 0.15) is 20.8 Å². The molecule has 0 fully saturated rings. The van der Waals surface area contributed by atoms with Crippen LogP contribution in [-0.2, 0) is 4.79 Å². The number of nitrogens with zero attached hydrogens (tertiary/aromatic N) is 1. The second-order valence-corrected chi connectivity index (χ2v) is 3.83. The fourth-order valence-electron chi connectivity index (χ4n) is 1.13. The van der Waals surface area contributed by atoms with Gasteiger partial charge in [-0.2, -0.15) is 0 Å². The predicted molar refractivity (Wildman–Crippen MR) is 54.1 cm³/mol. The highest BCUT2D eigenvalue weighted by molar-refractivity contribution is 5.75.